The van der Waals surface area contributed by atoms with Crippen LogP contribution in [0.4, 0.5) is 0 Å². The number of piperidine rings is 1. The van der Waals surface area contributed by atoms with Crippen molar-refractivity contribution >= 4 is 17.8 Å². The number of hydrogen-bond acceptors (Lipinski definition) is 5. The molecule has 3 aliphatic heterocycles. The highest BCUT2D eigenvalue weighted by Gasteiger charge is 2.39. The summed E-state index contributed by atoms with van der Waals surface area (Å²) >= 11 is 0. The van der Waals surface area contributed by atoms with E-state index in [0.29, 0.717) is 35.8 Å². The third-order valence-electron chi connectivity index (χ3n) is 6.14. The average molecular weight is 431 g/mol. The molecule has 3 N–H and O–H groups in total. The lowest BCUT2D eigenvalue weighted by Crippen LogP contribution is -2.48. The Kier molecular flexibility index (Phi) is 6.69. The summed E-state index contributed by atoms with van der Waals surface area (Å²) in [7, 11) is 2.22. The van der Waals surface area contributed by atoms with E-state index in [-0.39, 0.29) is 11.5 Å². The summed E-state index contributed by atoms with van der Waals surface area (Å²) in [6.45, 7) is 4.15. The number of para-hydroxylation sites is 1. The minimum absolute atomic E-state index is 0.0218. The zero-order chi connectivity index (χ0) is 22.8. The number of carbonyl (C=O) groups excluding carboxylic acids is 1. The number of carbonyl (C=O) groups is 3. The summed E-state index contributed by atoms with van der Waals surface area (Å²) in [4.78, 5) is 34.4. The van der Waals surface area contributed by atoms with Gasteiger partial charge in [-0.3, -0.25) is 4.79 Å². The lowest BCUT2D eigenvalue weighted by atomic mass is 9.97. The molecule has 0 radical (unpaired) electrons. The molecule has 3 aliphatic rings. The Hall–Kier alpha value is -2.87. The first-order valence-electron chi connectivity index (χ1n) is 10.5. The normalized spacial score (nSPS) is 25.8. The fourth-order valence-corrected chi connectivity index (χ4v) is 4.73. The summed E-state index contributed by atoms with van der Waals surface area (Å²) in [5.41, 5.74) is 1.62. The van der Waals surface area contributed by atoms with Crippen LogP contribution in [0.1, 0.15) is 55.5 Å². The van der Waals surface area contributed by atoms with Gasteiger partial charge in [0.1, 0.15) is 11.4 Å². The number of nitrogens with one attached hydrogen (secondary N) is 1. The van der Waals surface area contributed by atoms with E-state index >= 15 is 0 Å². The second-order valence-corrected chi connectivity index (χ2v) is 9.03. The van der Waals surface area contributed by atoms with Gasteiger partial charge in [-0.25, -0.2) is 9.59 Å². The van der Waals surface area contributed by atoms with E-state index in [0.717, 1.165) is 30.6 Å². The predicted molar refractivity (Wildman–Crippen MR) is 114 cm³/mol. The van der Waals surface area contributed by atoms with E-state index in [1.807, 2.05) is 12.1 Å². The molecular weight excluding hydrogens is 400 g/mol. The smallest absolute Gasteiger partial charge is 0.328 e. The quantitative estimate of drug-likeness (QED) is 0.628. The van der Waals surface area contributed by atoms with Crippen molar-refractivity contribution in [2.75, 3.05) is 7.05 Å². The molecule has 3 heterocycles. The van der Waals surface area contributed by atoms with E-state index in [1.54, 1.807) is 0 Å². The van der Waals surface area contributed by atoms with E-state index < -0.39 is 11.9 Å². The Morgan fingerprint density at radius 3 is 2.23 bits per heavy atom. The van der Waals surface area contributed by atoms with Crippen LogP contribution in [0.15, 0.2) is 30.4 Å². The molecule has 0 aromatic heterocycles. The van der Waals surface area contributed by atoms with Gasteiger partial charge in [0.25, 0.3) is 5.91 Å². The fraction of sp³-hybridized carbons (Fsp3) is 0.522. The molecule has 31 heavy (non-hydrogen) atoms. The molecule has 2 saturated heterocycles. The average Bonchev–Trinajstić information content (AvgIpc) is 3.08. The minimum Gasteiger partial charge on any atom is -0.486 e. The standard InChI is InChI=1S/C19H26N2O2.C4H4O4/c1-19(2)11-12-5-4-6-16(17(12)23-19)18(22)20-13-9-14-7-8-15(10-13)21(14)3;5-3(6)1-2-4(7)8/h4-6,13-15H,7-11H2,1-3H3,(H,20,22);1-2H,(H,5,6)(H,7,8)/b;2-1-. The van der Waals surface area contributed by atoms with Crippen molar-refractivity contribution in [1.82, 2.24) is 10.2 Å². The van der Waals surface area contributed by atoms with Gasteiger partial charge in [0.2, 0.25) is 0 Å². The second-order valence-electron chi connectivity index (χ2n) is 9.03. The summed E-state index contributed by atoms with van der Waals surface area (Å²) in [6.07, 6.45) is 6.66. The van der Waals surface area contributed by atoms with Crippen LogP contribution in [0.25, 0.3) is 0 Å². The highest BCUT2D eigenvalue weighted by Crippen LogP contribution is 2.38. The number of carboxylic acid groups (broad SMARTS) is 2. The molecule has 2 fully saturated rings. The molecule has 1 aromatic carbocycles. The first-order chi connectivity index (χ1) is 14.6. The van der Waals surface area contributed by atoms with Crippen LogP contribution in [-0.4, -0.2) is 63.7 Å². The Bertz CT molecular complexity index is 864. The largest absolute Gasteiger partial charge is 0.486 e. The highest BCUT2D eigenvalue weighted by atomic mass is 16.5. The number of benzene rings is 1. The van der Waals surface area contributed by atoms with Gasteiger partial charge in [0, 0.05) is 36.7 Å². The van der Waals surface area contributed by atoms with Crippen LogP contribution < -0.4 is 10.1 Å². The van der Waals surface area contributed by atoms with Crippen LogP contribution in [0.2, 0.25) is 0 Å². The number of rotatable bonds is 4. The third kappa shape index (κ3) is 5.64. The van der Waals surface area contributed by atoms with Gasteiger partial charge >= 0.3 is 11.9 Å². The zero-order valence-corrected chi connectivity index (χ0v) is 18.1. The maximum atomic E-state index is 12.8. The maximum Gasteiger partial charge on any atom is 0.328 e. The van der Waals surface area contributed by atoms with Crippen LogP contribution in [0.3, 0.4) is 0 Å². The van der Waals surface area contributed by atoms with Gasteiger partial charge in [-0.2, -0.15) is 0 Å². The number of fused-ring (bicyclic) bond motifs is 3. The lowest BCUT2D eigenvalue weighted by Gasteiger charge is -2.36. The van der Waals surface area contributed by atoms with Crippen molar-refractivity contribution < 1.29 is 29.3 Å². The molecule has 2 atom stereocenters. The summed E-state index contributed by atoms with van der Waals surface area (Å²) in [6, 6.07) is 7.49. The van der Waals surface area contributed by atoms with Gasteiger partial charge in [0.15, 0.2) is 0 Å². The van der Waals surface area contributed by atoms with Gasteiger partial charge in [-0.15, -0.1) is 0 Å². The van der Waals surface area contributed by atoms with Crippen molar-refractivity contribution in [1.29, 1.82) is 0 Å². The van der Waals surface area contributed by atoms with Crippen LogP contribution in [0, 0.1) is 0 Å². The van der Waals surface area contributed by atoms with E-state index in [2.05, 4.69) is 37.2 Å². The highest BCUT2D eigenvalue weighted by molar-refractivity contribution is 5.97. The SMILES string of the molecule is CN1C2CCC1CC(NC(=O)c1cccc3c1OC(C)(C)C3)C2.O=C(O)/C=C\C(=O)O. The van der Waals surface area contributed by atoms with Crippen LogP contribution in [0.5, 0.6) is 5.75 Å². The molecule has 1 aromatic rings. The molecule has 1 amide bonds. The monoisotopic (exact) mass is 430 g/mol. The lowest BCUT2D eigenvalue weighted by molar-refractivity contribution is -0.134. The molecule has 8 heteroatoms. The molecule has 0 saturated carbocycles. The third-order valence-corrected chi connectivity index (χ3v) is 6.14. The van der Waals surface area contributed by atoms with Gasteiger partial charge in [0.05, 0.1) is 5.56 Å². The van der Waals surface area contributed by atoms with Crippen LogP contribution >= 0.6 is 0 Å². The molecule has 0 spiro atoms. The van der Waals surface area contributed by atoms with E-state index in [1.165, 1.54) is 12.8 Å². The van der Waals surface area contributed by atoms with Crippen molar-refractivity contribution in [3.05, 3.63) is 41.5 Å². The van der Waals surface area contributed by atoms with Gasteiger partial charge in [-0.05, 0) is 58.2 Å². The molecule has 2 bridgehead atoms. The number of ether oxygens (including phenoxy) is 1. The Balaban J connectivity index is 0.000000293. The number of amides is 1. The Morgan fingerprint density at radius 2 is 1.68 bits per heavy atom. The van der Waals surface area contributed by atoms with Crippen molar-refractivity contribution in [2.24, 2.45) is 0 Å². The first-order valence-corrected chi connectivity index (χ1v) is 10.5. The van der Waals surface area contributed by atoms with E-state index in [4.69, 9.17) is 14.9 Å². The van der Waals surface area contributed by atoms with Crippen molar-refractivity contribution in [3.63, 3.8) is 0 Å². The number of carboxylic acids is 2. The summed E-state index contributed by atoms with van der Waals surface area (Å²) in [5.74, 6) is -1.71. The number of nitrogens with zero attached hydrogens (tertiary/aromatic N) is 1. The van der Waals surface area contributed by atoms with Gasteiger partial charge in [-0.1, -0.05) is 12.1 Å². The predicted octanol–water partition coefficient (Wildman–Crippen LogP) is 2.47. The number of hydrogen-bond donors (Lipinski definition) is 3. The van der Waals surface area contributed by atoms with Crippen molar-refractivity contribution in [3.8, 4) is 5.75 Å². The number of aliphatic carboxylic acids is 2. The molecule has 0 aliphatic carbocycles. The summed E-state index contributed by atoms with van der Waals surface area (Å²) < 4.78 is 6.04. The first kappa shape index (κ1) is 22.8. The molecule has 4 rings (SSSR count). The maximum absolute atomic E-state index is 12.8. The van der Waals surface area contributed by atoms with E-state index in [9.17, 15) is 14.4 Å². The zero-order valence-electron chi connectivity index (χ0n) is 18.1. The topological polar surface area (TPSA) is 116 Å². The molecular formula is C23H30N2O6. The van der Waals surface area contributed by atoms with Gasteiger partial charge < -0.3 is 25.2 Å². The Morgan fingerprint density at radius 1 is 1.10 bits per heavy atom. The van der Waals surface area contributed by atoms with Crippen LogP contribution in [-0.2, 0) is 16.0 Å². The second kappa shape index (κ2) is 9.09. The minimum atomic E-state index is -1.26. The molecule has 8 nitrogen and oxygen atoms in total. The molecule has 2 unspecified atom stereocenters. The summed E-state index contributed by atoms with van der Waals surface area (Å²) in [5, 5.41) is 18.9. The van der Waals surface area contributed by atoms with Crippen molar-refractivity contribution in [2.45, 2.75) is 69.7 Å². The molecule has 168 valence electrons. The Labute approximate surface area is 181 Å². The fourth-order valence-electron chi connectivity index (χ4n) is 4.73.